The molecule has 7 nitrogen and oxygen atoms in total. The number of hydrogen-bond donors (Lipinski definition) is 2. The minimum absolute atomic E-state index is 0.166. The summed E-state index contributed by atoms with van der Waals surface area (Å²) in [6, 6.07) is 21.9. The smallest absolute Gasteiger partial charge is 0.271 e. The molecule has 0 radical (unpaired) electrons. The van der Waals surface area contributed by atoms with Gasteiger partial charge in [-0.05, 0) is 54.1 Å². The highest BCUT2D eigenvalue weighted by molar-refractivity contribution is 7.92. The first-order chi connectivity index (χ1) is 14.3. The minimum Gasteiger partial charge on any atom is -0.378 e. The molecule has 0 unspecified atom stereocenters. The predicted molar refractivity (Wildman–Crippen MR) is 120 cm³/mol. The normalized spacial score (nSPS) is 11.3. The number of hydrogen-bond acceptors (Lipinski definition) is 5. The number of hydrazone groups is 1. The number of amides is 1. The van der Waals surface area contributed by atoms with Gasteiger partial charge >= 0.3 is 0 Å². The van der Waals surface area contributed by atoms with Crippen molar-refractivity contribution in [3.8, 4) is 0 Å². The molecule has 3 aromatic carbocycles. The highest BCUT2D eigenvalue weighted by atomic mass is 32.2. The van der Waals surface area contributed by atoms with Gasteiger partial charge < -0.3 is 4.90 Å². The maximum absolute atomic E-state index is 12.3. The zero-order valence-corrected chi connectivity index (χ0v) is 17.4. The van der Waals surface area contributed by atoms with E-state index in [4.69, 9.17) is 0 Å². The Bertz CT molecular complexity index is 1130. The standard InChI is InChI=1S/C22H22N4O3S/c1-26(2)20-14-8-17(9-15-20)16-23-24-22(27)18-10-12-19(13-11-18)25-30(28,29)21-6-4-3-5-7-21/h3-16,25H,1-2H3,(H,24,27). The number of rotatable bonds is 7. The molecule has 0 spiro atoms. The fourth-order valence-electron chi connectivity index (χ4n) is 2.59. The van der Waals surface area contributed by atoms with Crippen molar-refractivity contribution in [2.24, 2.45) is 5.10 Å². The maximum atomic E-state index is 12.3. The van der Waals surface area contributed by atoms with E-state index in [0.29, 0.717) is 11.3 Å². The Labute approximate surface area is 176 Å². The largest absolute Gasteiger partial charge is 0.378 e. The van der Waals surface area contributed by atoms with Crippen molar-refractivity contribution in [1.82, 2.24) is 5.43 Å². The lowest BCUT2D eigenvalue weighted by Crippen LogP contribution is -2.18. The van der Waals surface area contributed by atoms with Gasteiger partial charge in [0.25, 0.3) is 15.9 Å². The summed E-state index contributed by atoms with van der Waals surface area (Å²) in [5.74, 6) is -0.395. The highest BCUT2D eigenvalue weighted by Gasteiger charge is 2.13. The first kappa shape index (κ1) is 21.1. The highest BCUT2D eigenvalue weighted by Crippen LogP contribution is 2.16. The SMILES string of the molecule is CN(C)c1ccc(C=NNC(=O)c2ccc(NS(=O)(=O)c3ccccc3)cc2)cc1. The van der Waals surface area contributed by atoms with Gasteiger partial charge in [0.05, 0.1) is 11.1 Å². The number of carbonyl (C=O) groups excluding carboxylic acids is 1. The van der Waals surface area contributed by atoms with Crippen molar-refractivity contribution >= 4 is 33.5 Å². The van der Waals surface area contributed by atoms with Crippen LogP contribution >= 0.6 is 0 Å². The Hall–Kier alpha value is -3.65. The third kappa shape index (κ3) is 5.45. The number of anilines is 2. The van der Waals surface area contributed by atoms with Gasteiger partial charge in [-0.25, -0.2) is 13.8 Å². The molecule has 3 rings (SSSR count). The molecule has 8 heteroatoms. The molecule has 30 heavy (non-hydrogen) atoms. The number of nitrogens with one attached hydrogen (secondary N) is 2. The van der Waals surface area contributed by atoms with Crippen LogP contribution in [0.1, 0.15) is 15.9 Å². The molecule has 0 saturated heterocycles. The van der Waals surface area contributed by atoms with Gasteiger partial charge in [-0.3, -0.25) is 9.52 Å². The van der Waals surface area contributed by atoms with E-state index in [0.717, 1.165) is 11.3 Å². The average Bonchev–Trinajstić information content (AvgIpc) is 2.75. The van der Waals surface area contributed by atoms with Crippen LogP contribution in [-0.2, 0) is 10.0 Å². The number of nitrogens with zero attached hydrogens (tertiary/aromatic N) is 2. The van der Waals surface area contributed by atoms with Gasteiger partial charge in [0.15, 0.2) is 0 Å². The first-order valence-corrected chi connectivity index (χ1v) is 10.6. The monoisotopic (exact) mass is 422 g/mol. The molecule has 3 aromatic rings. The molecule has 0 saturated carbocycles. The first-order valence-electron chi connectivity index (χ1n) is 9.14. The molecule has 0 aliphatic carbocycles. The number of sulfonamides is 1. The van der Waals surface area contributed by atoms with Crippen molar-refractivity contribution in [2.45, 2.75) is 4.90 Å². The molecule has 0 aliphatic rings. The van der Waals surface area contributed by atoms with Gasteiger partial charge in [0.1, 0.15) is 0 Å². The summed E-state index contributed by atoms with van der Waals surface area (Å²) in [5, 5.41) is 3.96. The Kier molecular flexibility index (Phi) is 6.48. The lowest BCUT2D eigenvalue weighted by atomic mass is 10.2. The van der Waals surface area contributed by atoms with E-state index in [-0.39, 0.29) is 4.90 Å². The molecule has 0 aromatic heterocycles. The lowest BCUT2D eigenvalue weighted by molar-refractivity contribution is 0.0955. The molecule has 0 fully saturated rings. The third-order valence-electron chi connectivity index (χ3n) is 4.24. The molecular weight excluding hydrogens is 400 g/mol. The van der Waals surface area contributed by atoms with Crippen molar-refractivity contribution in [2.75, 3.05) is 23.7 Å². The van der Waals surface area contributed by atoms with Crippen LogP contribution in [0.4, 0.5) is 11.4 Å². The summed E-state index contributed by atoms with van der Waals surface area (Å²) < 4.78 is 27.2. The third-order valence-corrected chi connectivity index (χ3v) is 5.64. The van der Waals surface area contributed by atoms with Gasteiger partial charge in [-0.2, -0.15) is 5.10 Å². The van der Waals surface area contributed by atoms with Crippen molar-refractivity contribution < 1.29 is 13.2 Å². The Morgan fingerprint density at radius 1 is 0.900 bits per heavy atom. The second-order valence-corrected chi connectivity index (χ2v) is 8.36. The molecule has 1 amide bonds. The van der Waals surface area contributed by atoms with E-state index >= 15 is 0 Å². The van der Waals surface area contributed by atoms with Crippen LogP contribution in [0.15, 0.2) is 88.9 Å². The average molecular weight is 423 g/mol. The van der Waals surface area contributed by atoms with E-state index in [1.54, 1.807) is 24.4 Å². The van der Waals surface area contributed by atoms with Gasteiger partial charge in [0.2, 0.25) is 0 Å². The topological polar surface area (TPSA) is 90.9 Å². The fourth-order valence-corrected chi connectivity index (χ4v) is 3.67. The van der Waals surface area contributed by atoms with Crippen molar-refractivity contribution in [3.05, 3.63) is 90.0 Å². The summed E-state index contributed by atoms with van der Waals surface area (Å²) in [6.45, 7) is 0. The zero-order valence-electron chi connectivity index (χ0n) is 16.6. The van der Waals surface area contributed by atoms with E-state index in [1.165, 1.54) is 36.4 Å². The summed E-state index contributed by atoms with van der Waals surface area (Å²) in [4.78, 5) is 14.4. The molecular formula is C22H22N4O3S. The Morgan fingerprint density at radius 2 is 1.53 bits per heavy atom. The second-order valence-electron chi connectivity index (χ2n) is 6.68. The van der Waals surface area contributed by atoms with Crippen LogP contribution < -0.4 is 15.0 Å². The summed E-state index contributed by atoms with van der Waals surface area (Å²) in [7, 11) is 0.242. The summed E-state index contributed by atoms with van der Waals surface area (Å²) >= 11 is 0. The minimum atomic E-state index is -3.68. The summed E-state index contributed by atoms with van der Waals surface area (Å²) in [5.41, 5.74) is 5.10. The fraction of sp³-hybridized carbons (Fsp3) is 0.0909. The van der Waals surface area contributed by atoms with Crippen LogP contribution in [0.3, 0.4) is 0 Å². The quantitative estimate of drug-likeness (QED) is 0.451. The Morgan fingerprint density at radius 3 is 2.13 bits per heavy atom. The second kappa shape index (κ2) is 9.23. The van der Waals surface area contributed by atoms with E-state index in [1.807, 2.05) is 43.3 Å². The summed E-state index contributed by atoms with van der Waals surface area (Å²) in [6.07, 6.45) is 1.56. The number of benzene rings is 3. The van der Waals surface area contributed by atoms with Crippen LogP contribution in [-0.4, -0.2) is 34.6 Å². The predicted octanol–water partition coefficient (Wildman–Crippen LogP) is 3.32. The maximum Gasteiger partial charge on any atom is 0.271 e. The molecule has 0 bridgehead atoms. The van der Waals surface area contributed by atoms with Crippen molar-refractivity contribution in [3.63, 3.8) is 0 Å². The van der Waals surface area contributed by atoms with Gasteiger partial charge in [-0.15, -0.1) is 0 Å². The van der Waals surface area contributed by atoms with Crippen molar-refractivity contribution in [1.29, 1.82) is 0 Å². The zero-order chi connectivity index (χ0) is 21.6. The molecule has 0 atom stereocenters. The molecule has 0 aliphatic heterocycles. The molecule has 2 N–H and O–H groups in total. The van der Waals surface area contributed by atoms with Crippen LogP contribution in [0.5, 0.6) is 0 Å². The van der Waals surface area contributed by atoms with Crippen LogP contribution in [0.2, 0.25) is 0 Å². The lowest BCUT2D eigenvalue weighted by Gasteiger charge is -2.11. The van der Waals surface area contributed by atoms with Crippen LogP contribution in [0.25, 0.3) is 0 Å². The Balaban J connectivity index is 1.59. The van der Waals surface area contributed by atoms with Crippen LogP contribution in [0, 0.1) is 0 Å². The van der Waals surface area contributed by atoms with Gasteiger partial charge in [-0.1, -0.05) is 30.3 Å². The molecule has 154 valence electrons. The van der Waals surface area contributed by atoms with Gasteiger partial charge in [0, 0.05) is 31.0 Å². The number of carbonyl (C=O) groups is 1. The molecule has 0 heterocycles. The van der Waals surface area contributed by atoms with E-state index < -0.39 is 15.9 Å². The van der Waals surface area contributed by atoms with E-state index in [2.05, 4.69) is 15.2 Å². The van der Waals surface area contributed by atoms with E-state index in [9.17, 15) is 13.2 Å².